The Labute approximate surface area is 77.1 Å². The van der Waals surface area contributed by atoms with Crippen molar-refractivity contribution < 1.29 is 0 Å². The SMILES string of the molecule is C[Si](C)(C)C#C[C@H]1C=CCCC1. The van der Waals surface area contributed by atoms with Crippen molar-refractivity contribution in [2.75, 3.05) is 0 Å². The predicted molar refractivity (Wildman–Crippen MR) is 57.6 cm³/mol. The van der Waals surface area contributed by atoms with Crippen LogP contribution in [-0.2, 0) is 0 Å². The molecule has 0 fully saturated rings. The van der Waals surface area contributed by atoms with Crippen LogP contribution in [0.3, 0.4) is 0 Å². The summed E-state index contributed by atoms with van der Waals surface area (Å²) in [5.74, 6) is 3.95. The first-order valence-corrected chi connectivity index (χ1v) is 8.27. The molecule has 0 N–H and O–H groups in total. The molecule has 0 aromatic rings. The number of hydrogen-bond acceptors (Lipinski definition) is 0. The standard InChI is InChI=1S/C11H18Si/c1-12(2,3)10-9-11-7-5-4-6-8-11/h5,7,11H,4,6,8H2,1-3H3/t11-/m0/s1. The molecule has 0 nitrogen and oxygen atoms in total. The van der Waals surface area contributed by atoms with Crippen LogP contribution in [0.5, 0.6) is 0 Å². The van der Waals surface area contributed by atoms with Crippen LogP contribution in [-0.4, -0.2) is 8.07 Å². The van der Waals surface area contributed by atoms with Crippen LogP contribution in [0, 0.1) is 17.4 Å². The van der Waals surface area contributed by atoms with Crippen LogP contribution in [0.2, 0.25) is 19.6 Å². The third-order valence-corrected chi connectivity index (χ3v) is 2.78. The lowest BCUT2D eigenvalue weighted by molar-refractivity contribution is 0.645. The monoisotopic (exact) mass is 178 g/mol. The fourth-order valence-corrected chi connectivity index (χ4v) is 1.86. The molecule has 0 heterocycles. The van der Waals surface area contributed by atoms with E-state index >= 15 is 0 Å². The first kappa shape index (κ1) is 9.60. The molecular formula is C11H18Si. The van der Waals surface area contributed by atoms with Crippen molar-refractivity contribution in [3.05, 3.63) is 12.2 Å². The molecular weight excluding hydrogens is 160 g/mol. The second-order valence-electron chi connectivity index (χ2n) is 4.48. The van der Waals surface area contributed by atoms with Gasteiger partial charge in [-0.25, -0.2) is 0 Å². The highest BCUT2D eigenvalue weighted by atomic mass is 28.3. The van der Waals surface area contributed by atoms with Crippen molar-refractivity contribution in [2.24, 2.45) is 5.92 Å². The molecule has 0 saturated carbocycles. The van der Waals surface area contributed by atoms with Crippen molar-refractivity contribution in [1.82, 2.24) is 0 Å². The highest BCUT2D eigenvalue weighted by molar-refractivity contribution is 6.83. The first-order chi connectivity index (χ1) is 5.58. The van der Waals surface area contributed by atoms with E-state index in [1.165, 1.54) is 19.3 Å². The topological polar surface area (TPSA) is 0 Å². The summed E-state index contributed by atoms with van der Waals surface area (Å²) in [4.78, 5) is 0. The molecule has 0 aromatic heterocycles. The van der Waals surface area contributed by atoms with Gasteiger partial charge in [0.2, 0.25) is 0 Å². The minimum absolute atomic E-state index is 0.561. The first-order valence-electron chi connectivity index (χ1n) is 4.77. The Balaban J connectivity index is 2.53. The molecule has 0 spiro atoms. The van der Waals surface area contributed by atoms with Crippen molar-refractivity contribution >= 4 is 8.07 Å². The number of hydrogen-bond donors (Lipinski definition) is 0. The summed E-state index contributed by atoms with van der Waals surface area (Å²) in [5, 5.41) is 0. The molecule has 0 aromatic carbocycles. The maximum Gasteiger partial charge on any atom is 0.129 e. The van der Waals surface area contributed by atoms with Gasteiger partial charge < -0.3 is 0 Å². The van der Waals surface area contributed by atoms with Gasteiger partial charge >= 0.3 is 0 Å². The quantitative estimate of drug-likeness (QED) is 0.303. The van der Waals surface area contributed by atoms with Gasteiger partial charge in [-0.1, -0.05) is 31.8 Å². The van der Waals surface area contributed by atoms with E-state index in [1.54, 1.807) is 0 Å². The van der Waals surface area contributed by atoms with E-state index in [1.807, 2.05) is 0 Å². The Morgan fingerprint density at radius 3 is 2.58 bits per heavy atom. The smallest absolute Gasteiger partial charge is 0.129 e. The fourth-order valence-electron chi connectivity index (χ4n) is 1.24. The third-order valence-electron chi connectivity index (χ3n) is 1.89. The van der Waals surface area contributed by atoms with Crippen LogP contribution in [0.1, 0.15) is 19.3 Å². The average Bonchev–Trinajstić information content (AvgIpc) is 2.02. The molecule has 0 saturated heterocycles. The van der Waals surface area contributed by atoms with E-state index in [0.29, 0.717) is 5.92 Å². The average molecular weight is 178 g/mol. The molecule has 1 aliphatic rings. The van der Waals surface area contributed by atoms with E-state index < -0.39 is 8.07 Å². The Bertz CT molecular complexity index is 222. The summed E-state index contributed by atoms with van der Waals surface area (Å²) < 4.78 is 0. The fraction of sp³-hybridized carbons (Fsp3) is 0.636. The van der Waals surface area contributed by atoms with Gasteiger partial charge in [-0.15, -0.1) is 11.5 Å². The van der Waals surface area contributed by atoms with Crippen LogP contribution in [0.4, 0.5) is 0 Å². The largest absolute Gasteiger partial charge is 0.131 e. The zero-order valence-corrected chi connectivity index (χ0v) is 9.35. The molecule has 0 amide bonds. The molecule has 0 aliphatic heterocycles. The van der Waals surface area contributed by atoms with Crippen LogP contribution < -0.4 is 0 Å². The van der Waals surface area contributed by atoms with Crippen molar-refractivity contribution in [2.45, 2.75) is 38.9 Å². The zero-order valence-electron chi connectivity index (χ0n) is 8.35. The van der Waals surface area contributed by atoms with Gasteiger partial charge in [0.15, 0.2) is 0 Å². The lowest BCUT2D eigenvalue weighted by atomic mass is 9.97. The van der Waals surface area contributed by atoms with Crippen LogP contribution >= 0.6 is 0 Å². The van der Waals surface area contributed by atoms with Crippen molar-refractivity contribution in [3.63, 3.8) is 0 Å². The van der Waals surface area contributed by atoms with Gasteiger partial charge in [-0.3, -0.25) is 0 Å². The van der Waals surface area contributed by atoms with Gasteiger partial charge in [0.25, 0.3) is 0 Å². The molecule has 66 valence electrons. The van der Waals surface area contributed by atoms with Gasteiger partial charge in [0.05, 0.1) is 0 Å². The van der Waals surface area contributed by atoms with Gasteiger partial charge in [-0.05, 0) is 19.3 Å². The summed E-state index contributed by atoms with van der Waals surface area (Å²) >= 11 is 0. The predicted octanol–water partition coefficient (Wildman–Crippen LogP) is 3.22. The van der Waals surface area contributed by atoms with E-state index in [4.69, 9.17) is 0 Å². The van der Waals surface area contributed by atoms with E-state index in [9.17, 15) is 0 Å². The highest BCUT2D eigenvalue weighted by Gasteiger charge is 2.09. The number of rotatable bonds is 0. The van der Waals surface area contributed by atoms with Crippen molar-refractivity contribution in [1.29, 1.82) is 0 Å². The number of allylic oxidation sites excluding steroid dienone is 2. The second kappa shape index (κ2) is 3.96. The summed E-state index contributed by atoms with van der Waals surface area (Å²) in [6.45, 7) is 6.89. The molecule has 1 rings (SSSR count). The lowest BCUT2D eigenvalue weighted by Crippen LogP contribution is -2.17. The second-order valence-corrected chi connectivity index (χ2v) is 9.23. The highest BCUT2D eigenvalue weighted by Crippen LogP contribution is 2.16. The van der Waals surface area contributed by atoms with Crippen LogP contribution in [0.25, 0.3) is 0 Å². The summed E-state index contributed by atoms with van der Waals surface area (Å²) in [7, 11) is -1.14. The Kier molecular flexibility index (Phi) is 3.17. The molecule has 0 bridgehead atoms. The molecule has 0 radical (unpaired) electrons. The van der Waals surface area contributed by atoms with E-state index in [0.717, 1.165) is 0 Å². The maximum absolute atomic E-state index is 3.43. The molecule has 1 heteroatoms. The van der Waals surface area contributed by atoms with Gasteiger partial charge in [0.1, 0.15) is 8.07 Å². The third kappa shape index (κ3) is 3.78. The van der Waals surface area contributed by atoms with Crippen molar-refractivity contribution in [3.8, 4) is 11.5 Å². The summed E-state index contributed by atoms with van der Waals surface area (Å²) in [6.07, 6.45) is 8.39. The normalized spacial score (nSPS) is 23.1. The van der Waals surface area contributed by atoms with Gasteiger partial charge in [-0.2, -0.15) is 0 Å². The maximum atomic E-state index is 3.43. The zero-order chi connectivity index (χ0) is 9.03. The Morgan fingerprint density at radius 2 is 2.08 bits per heavy atom. The van der Waals surface area contributed by atoms with E-state index in [2.05, 4.69) is 43.3 Å². The summed E-state index contributed by atoms with van der Waals surface area (Å²) in [6, 6.07) is 0. The minimum Gasteiger partial charge on any atom is -0.131 e. The Morgan fingerprint density at radius 1 is 1.33 bits per heavy atom. The van der Waals surface area contributed by atoms with Gasteiger partial charge in [0, 0.05) is 5.92 Å². The molecule has 12 heavy (non-hydrogen) atoms. The summed E-state index contributed by atoms with van der Waals surface area (Å²) in [5.41, 5.74) is 3.43. The lowest BCUT2D eigenvalue weighted by Gasteiger charge is -2.10. The Hall–Kier alpha value is -0.483. The molecule has 1 atom stereocenters. The van der Waals surface area contributed by atoms with Crippen LogP contribution in [0.15, 0.2) is 12.2 Å². The molecule has 1 aliphatic carbocycles. The van der Waals surface area contributed by atoms with E-state index in [-0.39, 0.29) is 0 Å². The molecule has 0 unspecified atom stereocenters. The minimum atomic E-state index is -1.14.